The van der Waals surface area contributed by atoms with E-state index in [0.717, 1.165) is 23.9 Å². The second-order valence-electron chi connectivity index (χ2n) is 10.7. The minimum Gasteiger partial charge on any atom is -0.477 e. The van der Waals surface area contributed by atoms with Crippen LogP contribution in [-0.4, -0.2) is 59.6 Å². The van der Waals surface area contributed by atoms with Gasteiger partial charge in [-0.3, -0.25) is 0 Å². The summed E-state index contributed by atoms with van der Waals surface area (Å²) in [5.74, 6) is 0.996. The normalized spacial score (nSPS) is 21.3. The number of rotatable bonds is 4. The highest BCUT2D eigenvalue weighted by Crippen LogP contribution is 2.36. The summed E-state index contributed by atoms with van der Waals surface area (Å²) in [5.41, 5.74) is 0.730. The number of hydrogen-bond acceptors (Lipinski definition) is 6. The molecule has 3 heterocycles. The van der Waals surface area contributed by atoms with Crippen molar-refractivity contribution in [3.8, 4) is 5.88 Å². The minimum absolute atomic E-state index is 0.234. The molecule has 0 aromatic carbocycles. The van der Waals surface area contributed by atoms with Crippen LogP contribution in [0.5, 0.6) is 5.88 Å². The van der Waals surface area contributed by atoms with Gasteiger partial charge in [-0.05, 0) is 79.7 Å². The number of likely N-dealkylation sites (tertiary alicyclic amines) is 1. The summed E-state index contributed by atoms with van der Waals surface area (Å²) in [7, 11) is -0.427. The summed E-state index contributed by atoms with van der Waals surface area (Å²) in [6, 6.07) is 1.94. The molecule has 0 radical (unpaired) electrons. The smallest absolute Gasteiger partial charge is 0.477 e. The number of aryl methyl sites for hydroxylation is 1. The van der Waals surface area contributed by atoms with Crippen LogP contribution in [-0.2, 0) is 14.0 Å². The molecule has 0 unspecified atom stereocenters. The Labute approximate surface area is 186 Å². The molecule has 2 fully saturated rings. The SMILES string of the molecule is Cc1cc(OCC2CCN(C(=O)OC(C)(C)C)CC2)ncc1B1OC(C)(C)C(C)(C)O1. The van der Waals surface area contributed by atoms with Crippen molar-refractivity contribution in [3.05, 3.63) is 17.8 Å². The molecule has 31 heavy (non-hydrogen) atoms. The molecule has 0 N–H and O–H groups in total. The number of aromatic nitrogens is 1. The number of hydrogen-bond donors (Lipinski definition) is 0. The Morgan fingerprint density at radius 2 is 1.77 bits per heavy atom. The van der Waals surface area contributed by atoms with Crippen molar-refractivity contribution in [1.82, 2.24) is 9.88 Å². The molecule has 2 aliphatic heterocycles. The first-order valence-corrected chi connectivity index (χ1v) is 11.2. The number of ether oxygens (including phenoxy) is 2. The van der Waals surface area contributed by atoms with Gasteiger partial charge in [-0.15, -0.1) is 0 Å². The Morgan fingerprint density at radius 3 is 2.29 bits per heavy atom. The van der Waals surface area contributed by atoms with Gasteiger partial charge in [0.1, 0.15) is 5.60 Å². The van der Waals surface area contributed by atoms with Crippen LogP contribution in [0.1, 0.15) is 66.9 Å². The summed E-state index contributed by atoms with van der Waals surface area (Å²) < 4.78 is 23.7. The fraction of sp³-hybridized carbons (Fsp3) is 0.739. The maximum Gasteiger partial charge on any atom is 0.496 e. The Hall–Kier alpha value is -1.80. The van der Waals surface area contributed by atoms with Crippen LogP contribution in [0.3, 0.4) is 0 Å². The number of nitrogens with zero attached hydrogens (tertiary/aromatic N) is 2. The third-order valence-electron chi connectivity index (χ3n) is 6.37. The van der Waals surface area contributed by atoms with Crippen molar-refractivity contribution in [3.63, 3.8) is 0 Å². The summed E-state index contributed by atoms with van der Waals surface area (Å²) in [4.78, 5) is 18.5. The van der Waals surface area contributed by atoms with Crippen molar-refractivity contribution in [2.75, 3.05) is 19.7 Å². The van der Waals surface area contributed by atoms with Crippen LogP contribution in [0.4, 0.5) is 4.79 Å². The van der Waals surface area contributed by atoms with Crippen LogP contribution >= 0.6 is 0 Å². The van der Waals surface area contributed by atoms with E-state index in [0.29, 0.717) is 31.5 Å². The van der Waals surface area contributed by atoms with Gasteiger partial charge in [-0.2, -0.15) is 0 Å². The second kappa shape index (κ2) is 8.62. The number of carbonyl (C=O) groups is 1. The number of amides is 1. The third kappa shape index (κ3) is 5.72. The van der Waals surface area contributed by atoms with Gasteiger partial charge < -0.3 is 23.7 Å². The highest BCUT2D eigenvalue weighted by molar-refractivity contribution is 6.62. The quantitative estimate of drug-likeness (QED) is 0.676. The zero-order valence-corrected chi connectivity index (χ0v) is 20.3. The van der Waals surface area contributed by atoms with Gasteiger partial charge >= 0.3 is 13.2 Å². The lowest BCUT2D eigenvalue weighted by Crippen LogP contribution is -2.42. The Morgan fingerprint density at radius 1 is 1.19 bits per heavy atom. The van der Waals surface area contributed by atoms with Crippen molar-refractivity contribution in [1.29, 1.82) is 0 Å². The lowest BCUT2D eigenvalue weighted by atomic mass is 9.77. The van der Waals surface area contributed by atoms with E-state index in [1.807, 2.05) is 61.5 Å². The van der Waals surface area contributed by atoms with Gasteiger partial charge in [0.05, 0.1) is 17.8 Å². The van der Waals surface area contributed by atoms with Crippen LogP contribution in [0.25, 0.3) is 0 Å². The van der Waals surface area contributed by atoms with Crippen molar-refractivity contribution in [2.24, 2.45) is 5.92 Å². The maximum absolute atomic E-state index is 12.2. The van der Waals surface area contributed by atoms with Crippen LogP contribution in [0, 0.1) is 12.8 Å². The van der Waals surface area contributed by atoms with E-state index >= 15 is 0 Å². The summed E-state index contributed by atoms with van der Waals surface area (Å²) in [6.45, 7) is 17.8. The summed E-state index contributed by atoms with van der Waals surface area (Å²) in [6.07, 6.45) is 3.34. The topological polar surface area (TPSA) is 70.1 Å². The van der Waals surface area contributed by atoms with E-state index in [4.69, 9.17) is 18.8 Å². The van der Waals surface area contributed by atoms with Gasteiger partial charge in [0.2, 0.25) is 5.88 Å². The fourth-order valence-electron chi connectivity index (χ4n) is 3.65. The Balaban J connectivity index is 1.50. The zero-order chi connectivity index (χ0) is 23.0. The van der Waals surface area contributed by atoms with E-state index < -0.39 is 12.7 Å². The van der Waals surface area contributed by atoms with E-state index in [-0.39, 0.29) is 17.3 Å². The molecule has 2 aliphatic rings. The first-order valence-electron chi connectivity index (χ1n) is 11.2. The second-order valence-corrected chi connectivity index (χ2v) is 10.7. The van der Waals surface area contributed by atoms with Gasteiger partial charge in [0.25, 0.3) is 0 Å². The maximum atomic E-state index is 12.2. The van der Waals surface area contributed by atoms with Crippen molar-refractivity contribution >= 4 is 18.7 Å². The number of carbonyl (C=O) groups excluding carboxylic acids is 1. The molecule has 0 atom stereocenters. The average Bonchev–Trinajstić information content (AvgIpc) is 2.86. The van der Waals surface area contributed by atoms with Gasteiger partial charge in [-0.25, -0.2) is 9.78 Å². The predicted molar refractivity (Wildman–Crippen MR) is 121 cm³/mol. The third-order valence-corrected chi connectivity index (χ3v) is 6.37. The molecule has 1 aromatic rings. The molecule has 8 heteroatoms. The summed E-state index contributed by atoms with van der Waals surface area (Å²) >= 11 is 0. The molecule has 3 rings (SSSR count). The highest BCUT2D eigenvalue weighted by atomic mass is 16.7. The first kappa shape index (κ1) is 23.9. The predicted octanol–water partition coefficient (Wildman–Crippen LogP) is 3.72. The first-order chi connectivity index (χ1) is 14.3. The van der Waals surface area contributed by atoms with E-state index in [2.05, 4.69) is 4.98 Å². The number of pyridine rings is 1. The minimum atomic E-state index is -0.465. The highest BCUT2D eigenvalue weighted by Gasteiger charge is 2.52. The van der Waals surface area contributed by atoms with Gasteiger partial charge in [0.15, 0.2) is 0 Å². The van der Waals surface area contributed by atoms with Crippen LogP contribution < -0.4 is 10.2 Å². The molecule has 0 spiro atoms. The monoisotopic (exact) mass is 432 g/mol. The van der Waals surface area contributed by atoms with Gasteiger partial charge in [-0.1, -0.05) is 0 Å². The fourth-order valence-corrected chi connectivity index (χ4v) is 3.65. The Bertz CT molecular complexity index is 782. The molecule has 0 saturated carbocycles. The lowest BCUT2D eigenvalue weighted by Gasteiger charge is -2.33. The number of piperidine rings is 1. The lowest BCUT2D eigenvalue weighted by molar-refractivity contribution is 0.00578. The molecule has 1 amide bonds. The summed E-state index contributed by atoms with van der Waals surface area (Å²) in [5, 5.41) is 0. The molecule has 0 bridgehead atoms. The molecule has 172 valence electrons. The van der Waals surface area contributed by atoms with E-state index in [9.17, 15) is 4.79 Å². The van der Waals surface area contributed by atoms with Crippen LogP contribution in [0.15, 0.2) is 12.3 Å². The molecular formula is C23H37BN2O5. The van der Waals surface area contributed by atoms with Gasteiger partial charge in [0, 0.05) is 30.8 Å². The molecule has 0 aliphatic carbocycles. The zero-order valence-electron chi connectivity index (χ0n) is 20.3. The molecule has 1 aromatic heterocycles. The standard InChI is InChI=1S/C23H37BN2O5/c1-16-13-19(25-14-18(16)24-30-22(5,6)23(7,8)31-24)28-15-17-9-11-26(12-10-17)20(27)29-21(2,3)4/h13-14,17H,9-12,15H2,1-8H3. The van der Waals surface area contributed by atoms with E-state index in [1.54, 1.807) is 11.1 Å². The molecule has 7 nitrogen and oxygen atoms in total. The van der Waals surface area contributed by atoms with Crippen LogP contribution in [0.2, 0.25) is 0 Å². The molecule has 2 saturated heterocycles. The Kier molecular flexibility index (Phi) is 6.64. The van der Waals surface area contributed by atoms with Crippen molar-refractivity contribution in [2.45, 2.75) is 85.0 Å². The largest absolute Gasteiger partial charge is 0.496 e. The average molecular weight is 432 g/mol. The van der Waals surface area contributed by atoms with E-state index in [1.165, 1.54) is 0 Å². The van der Waals surface area contributed by atoms with Crippen molar-refractivity contribution < 1.29 is 23.6 Å². The molecular weight excluding hydrogens is 395 g/mol.